The van der Waals surface area contributed by atoms with Gasteiger partial charge in [-0.2, -0.15) is 0 Å². The van der Waals surface area contributed by atoms with E-state index in [-0.39, 0.29) is 0 Å². The van der Waals surface area contributed by atoms with Gasteiger partial charge in [0.05, 0.1) is 6.33 Å². The molecule has 0 spiro atoms. The smallest absolute Gasteiger partial charge is 0.0945 e. The minimum absolute atomic E-state index is 0.583. The largest absolute Gasteiger partial charge is 0.215 e. The summed E-state index contributed by atoms with van der Waals surface area (Å²) in [4.78, 5) is 0. The lowest BCUT2D eigenvalue weighted by Crippen LogP contribution is -2.07. The number of hydrogen-bond donors (Lipinski definition) is 0. The molecule has 134 valence electrons. The van der Waals surface area contributed by atoms with Crippen LogP contribution in [0.4, 0.5) is 4.39 Å². The normalized spacial score (nSPS) is 20.9. The molecule has 1 heteroatoms. The van der Waals surface area contributed by atoms with Gasteiger partial charge in [-0.05, 0) is 48.6 Å². The Hall–Kier alpha value is -1.63. The van der Waals surface area contributed by atoms with Gasteiger partial charge in [-0.25, -0.2) is 4.39 Å². The van der Waals surface area contributed by atoms with E-state index >= 15 is 0 Å². The van der Waals surface area contributed by atoms with Crippen LogP contribution in [0.3, 0.4) is 0 Å². The SMILES string of the molecule is C=C(/C=C\C(=C\F)c1ccc(C2CCCCC2)cc1)C1CCCCC1. The molecule has 0 amide bonds. The quantitative estimate of drug-likeness (QED) is 0.482. The monoisotopic (exact) mass is 338 g/mol. The molecule has 0 radical (unpaired) electrons. The summed E-state index contributed by atoms with van der Waals surface area (Å²) in [5, 5.41) is 0. The summed E-state index contributed by atoms with van der Waals surface area (Å²) in [5.74, 6) is 1.28. The van der Waals surface area contributed by atoms with E-state index in [1.807, 2.05) is 12.2 Å². The van der Waals surface area contributed by atoms with Gasteiger partial charge in [-0.3, -0.25) is 0 Å². The zero-order valence-electron chi connectivity index (χ0n) is 15.4. The molecule has 2 saturated carbocycles. The van der Waals surface area contributed by atoms with Crippen molar-refractivity contribution >= 4 is 5.57 Å². The molecule has 0 unspecified atom stereocenters. The van der Waals surface area contributed by atoms with Crippen molar-refractivity contribution in [2.24, 2.45) is 5.92 Å². The highest BCUT2D eigenvalue weighted by molar-refractivity contribution is 5.73. The molecule has 0 saturated heterocycles. The molecule has 0 atom stereocenters. The Morgan fingerprint density at radius 2 is 1.44 bits per heavy atom. The molecule has 0 heterocycles. The summed E-state index contributed by atoms with van der Waals surface area (Å²) < 4.78 is 13.4. The van der Waals surface area contributed by atoms with Crippen molar-refractivity contribution < 1.29 is 4.39 Å². The highest BCUT2D eigenvalue weighted by atomic mass is 19.1. The van der Waals surface area contributed by atoms with Crippen LogP contribution < -0.4 is 0 Å². The lowest BCUT2D eigenvalue weighted by atomic mass is 9.83. The molecular formula is C24H31F. The predicted octanol–water partition coefficient (Wildman–Crippen LogP) is 7.74. The van der Waals surface area contributed by atoms with Crippen molar-refractivity contribution in [3.8, 4) is 0 Å². The van der Waals surface area contributed by atoms with E-state index in [2.05, 4.69) is 30.8 Å². The molecule has 25 heavy (non-hydrogen) atoms. The summed E-state index contributed by atoms with van der Waals surface area (Å²) in [6.45, 7) is 4.22. The highest BCUT2D eigenvalue weighted by Gasteiger charge is 2.16. The summed E-state index contributed by atoms with van der Waals surface area (Å²) in [6.07, 6.45) is 17.7. The topological polar surface area (TPSA) is 0 Å². The third kappa shape index (κ3) is 4.93. The average Bonchev–Trinajstić information content (AvgIpc) is 2.70. The third-order valence-corrected chi connectivity index (χ3v) is 6.04. The van der Waals surface area contributed by atoms with Gasteiger partial charge in [0.15, 0.2) is 0 Å². The molecule has 2 fully saturated rings. The van der Waals surface area contributed by atoms with E-state index in [0.717, 1.165) is 17.5 Å². The Balaban J connectivity index is 1.64. The fraction of sp³-hybridized carbons (Fsp3) is 0.500. The number of benzene rings is 1. The highest BCUT2D eigenvalue weighted by Crippen LogP contribution is 2.33. The van der Waals surface area contributed by atoms with E-state index in [1.54, 1.807) is 0 Å². The van der Waals surface area contributed by atoms with Gasteiger partial charge in [-0.1, -0.05) is 87.1 Å². The number of hydrogen-bond acceptors (Lipinski definition) is 0. The molecule has 1 aromatic rings. The molecular weight excluding hydrogens is 307 g/mol. The predicted molar refractivity (Wildman–Crippen MR) is 106 cm³/mol. The molecule has 1 aromatic carbocycles. The van der Waals surface area contributed by atoms with Crippen molar-refractivity contribution in [3.05, 3.63) is 66.0 Å². The molecule has 0 nitrogen and oxygen atoms in total. The van der Waals surface area contributed by atoms with E-state index in [0.29, 0.717) is 17.4 Å². The fourth-order valence-electron chi connectivity index (χ4n) is 4.39. The first-order chi connectivity index (χ1) is 12.3. The summed E-state index contributed by atoms with van der Waals surface area (Å²) in [7, 11) is 0. The van der Waals surface area contributed by atoms with Crippen LogP contribution in [-0.4, -0.2) is 0 Å². The lowest BCUT2D eigenvalue weighted by molar-refractivity contribution is 0.409. The lowest BCUT2D eigenvalue weighted by Gasteiger charge is -2.22. The average molecular weight is 339 g/mol. The minimum atomic E-state index is 0.583. The zero-order chi connectivity index (χ0) is 17.5. The van der Waals surface area contributed by atoms with Crippen molar-refractivity contribution in [2.75, 3.05) is 0 Å². The van der Waals surface area contributed by atoms with Gasteiger partial charge in [0.1, 0.15) is 0 Å². The first-order valence-corrected chi connectivity index (χ1v) is 10.1. The number of rotatable bonds is 5. The Bertz CT molecular complexity index is 608. The van der Waals surface area contributed by atoms with Crippen LogP contribution in [0.2, 0.25) is 0 Å². The minimum Gasteiger partial charge on any atom is -0.215 e. The molecule has 0 aliphatic heterocycles. The van der Waals surface area contributed by atoms with Crippen LogP contribution in [0.25, 0.3) is 5.57 Å². The Morgan fingerprint density at radius 1 is 0.840 bits per heavy atom. The van der Waals surface area contributed by atoms with E-state index in [9.17, 15) is 4.39 Å². The van der Waals surface area contributed by atoms with Gasteiger partial charge in [0, 0.05) is 5.57 Å². The molecule has 0 bridgehead atoms. The van der Waals surface area contributed by atoms with E-state index in [1.165, 1.54) is 69.8 Å². The van der Waals surface area contributed by atoms with Crippen LogP contribution >= 0.6 is 0 Å². The van der Waals surface area contributed by atoms with Gasteiger partial charge >= 0.3 is 0 Å². The molecule has 2 aliphatic rings. The van der Waals surface area contributed by atoms with Gasteiger partial charge in [0.25, 0.3) is 0 Å². The maximum atomic E-state index is 13.4. The Morgan fingerprint density at radius 3 is 2.04 bits per heavy atom. The Labute approximate surface area is 152 Å². The van der Waals surface area contributed by atoms with Crippen LogP contribution in [0.5, 0.6) is 0 Å². The maximum absolute atomic E-state index is 13.4. The van der Waals surface area contributed by atoms with Crippen molar-refractivity contribution in [3.63, 3.8) is 0 Å². The molecule has 0 N–H and O–H groups in total. The van der Waals surface area contributed by atoms with E-state index in [4.69, 9.17) is 0 Å². The van der Waals surface area contributed by atoms with Crippen LogP contribution in [0, 0.1) is 5.92 Å². The first-order valence-electron chi connectivity index (χ1n) is 10.1. The second kappa shape index (κ2) is 9.17. The van der Waals surface area contributed by atoms with Crippen molar-refractivity contribution in [1.82, 2.24) is 0 Å². The molecule has 0 aromatic heterocycles. The third-order valence-electron chi connectivity index (χ3n) is 6.04. The summed E-state index contributed by atoms with van der Waals surface area (Å²) in [6, 6.07) is 8.53. The number of halogens is 1. The Kier molecular flexibility index (Phi) is 6.67. The number of allylic oxidation sites excluding steroid dienone is 4. The van der Waals surface area contributed by atoms with E-state index < -0.39 is 0 Å². The van der Waals surface area contributed by atoms with Crippen LogP contribution in [0.1, 0.15) is 81.3 Å². The first kappa shape index (κ1) is 18.2. The standard InChI is InChI=1S/C24H31F/c1-19(20-8-4-2-5-9-20)12-13-24(18-25)23-16-14-22(15-17-23)21-10-6-3-7-11-21/h12-18,20-21H,1-11H2/b13-12-,24-18-. The van der Waals surface area contributed by atoms with Crippen molar-refractivity contribution in [1.29, 1.82) is 0 Å². The molecule has 3 rings (SSSR count). The van der Waals surface area contributed by atoms with Gasteiger partial charge in [0.2, 0.25) is 0 Å². The zero-order valence-corrected chi connectivity index (χ0v) is 15.4. The summed E-state index contributed by atoms with van der Waals surface area (Å²) >= 11 is 0. The molecule has 2 aliphatic carbocycles. The van der Waals surface area contributed by atoms with Crippen molar-refractivity contribution in [2.45, 2.75) is 70.1 Å². The second-order valence-electron chi connectivity index (χ2n) is 7.76. The van der Waals surface area contributed by atoms with Crippen LogP contribution in [-0.2, 0) is 0 Å². The summed E-state index contributed by atoms with van der Waals surface area (Å²) in [5.41, 5.74) is 4.16. The maximum Gasteiger partial charge on any atom is 0.0945 e. The van der Waals surface area contributed by atoms with Crippen LogP contribution in [0.15, 0.2) is 54.9 Å². The van der Waals surface area contributed by atoms with Gasteiger partial charge < -0.3 is 0 Å². The second-order valence-corrected chi connectivity index (χ2v) is 7.76. The fourth-order valence-corrected chi connectivity index (χ4v) is 4.39. The van der Waals surface area contributed by atoms with Gasteiger partial charge in [-0.15, -0.1) is 0 Å².